The van der Waals surface area contributed by atoms with Gasteiger partial charge in [0.05, 0.1) is 11.8 Å². The molecular weight excluding hydrogens is 404 g/mol. The lowest BCUT2D eigenvalue weighted by Gasteiger charge is -2.63. The first kappa shape index (κ1) is 18.7. The van der Waals surface area contributed by atoms with Crippen molar-refractivity contribution < 1.29 is 4.79 Å². The van der Waals surface area contributed by atoms with Crippen molar-refractivity contribution in [3.8, 4) is 6.07 Å². The van der Waals surface area contributed by atoms with E-state index in [1.54, 1.807) is 6.20 Å². The summed E-state index contributed by atoms with van der Waals surface area (Å²) in [6.45, 7) is 4.47. The number of hydrogen-bond acceptors (Lipinski definition) is 5. The van der Waals surface area contributed by atoms with Gasteiger partial charge in [0.1, 0.15) is 11.9 Å². The zero-order chi connectivity index (χ0) is 21.5. The van der Waals surface area contributed by atoms with Gasteiger partial charge in [0, 0.05) is 61.6 Å². The number of carbonyl (C=O) groups excluding carboxylic acids is 1. The quantitative estimate of drug-likeness (QED) is 0.799. The fourth-order valence-electron chi connectivity index (χ4n) is 6.77. The molecule has 1 N–H and O–H groups in total. The van der Waals surface area contributed by atoms with Gasteiger partial charge in [0.15, 0.2) is 5.82 Å². The minimum absolute atomic E-state index is 0.229. The first-order valence-electron chi connectivity index (χ1n) is 11.9. The summed E-state index contributed by atoms with van der Waals surface area (Å²) in [6.07, 6.45) is 10.5. The summed E-state index contributed by atoms with van der Waals surface area (Å²) < 4.78 is 1.88. The van der Waals surface area contributed by atoms with Crippen LogP contribution in [0.15, 0.2) is 12.4 Å². The van der Waals surface area contributed by atoms with Gasteiger partial charge in [-0.15, -0.1) is 0 Å². The van der Waals surface area contributed by atoms with E-state index in [9.17, 15) is 4.79 Å². The number of carbonyl (C=O) groups is 1. The molecule has 2 saturated heterocycles. The number of H-pyrrole nitrogens is 1. The summed E-state index contributed by atoms with van der Waals surface area (Å²) in [7, 11) is 0. The van der Waals surface area contributed by atoms with Crippen molar-refractivity contribution in [2.45, 2.75) is 56.9 Å². The lowest BCUT2D eigenvalue weighted by molar-refractivity contribution is -0.103. The number of amides is 2. The van der Waals surface area contributed by atoms with Gasteiger partial charge in [0.2, 0.25) is 0 Å². The molecule has 32 heavy (non-hydrogen) atoms. The van der Waals surface area contributed by atoms with Crippen molar-refractivity contribution in [1.29, 1.82) is 5.26 Å². The van der Waals surface area contributed by atoms with E-state index in [2.05, 4.69) is 21.4 Å². The lowest BCUT2D eigenvalue weighted by atomic mass is 9.57. The number of aromatic nitrogens is 5. The van der Waals surface area contributed by atoms with E-state index in [4.69, 9.17) is 10.2 Å². The third kappa shape index (κ3) is 2.88. The molecule has 166 valence electrons. The molecule has 3 saturated carbocycles. The Kier molecular flexibility index (Phi) is 3.69. The van der Waals surface area contributed by atoms with Crippen molar-refractivity contribution in [2.75, 3.05) is 26.2 Å². The molecule has 0 radical (unpaired) electrons. The maximum Gasteiger partial charge on any atom is 0.320 e. The summed E-state index contributed by atoms with van der Waals surface area (Å²) >= 11 is 0. The fraction of sp³-hybridized carbons (Fsp3) is 0.696. The molecule has 2 spiro atoms. The van der Waals surface area contributed by atoms with Gasteiger partial charge in [-0.1, -0.05) is 0 Å². The van der Waals surface area contributed by atoms with Crippen molar-refractivity contribution in [3.63, 3.8) is 0 Å². The molecule has 9 nitrogen and oxygen atoms in total. The number of likely N-dealkylation sites (tertiary alicyclic amines) is 2. The average molecular weight is 433 g/mol. The molecule has 0 atom stereocenters. The predicted molar refractivity (Wildman–Crippen MR) is 113 cm³/mol. The second-order valence-corrected chi connectivity index (χ2v) is 11.3. The topological polar surface area (TPSA) is 107 Å². The van der Waals surface area contributed by atoms with E-state index >= 15 is 0 Å². The second kappa shape index (κ2) is 6.33. The summed E-state index contributed by atoms with van der Waals surface area (Å²) in [5, 5.41) is 20.8. The number of hydrogen-bond donors (Lipinski definition) is 1. The van der Waals surface area contributed by atoms with E-state index in [0.29, 0.717) is 34.1 Å². The smallest absolute Gasteiger partial charge is 0.320 e. The Morgan fingerprint density at radius 3 is 2.41 bits per heavy atom. The van der Waals surface area contributed by atoms with Crippen molar-refractivity contribution >= 4 is 6.03 Å². The van der Waals surface area contributed by atoms with Crippen LogP contribution in [0.3, 0.4) is 0 Å². The van der Waals surface area contributed by atoms with Gasteiger partial charge < -0.3 is 9.80 Å². The van der Waals surface area contributed by atoms with Crippen LogP contribution in [0, 0.1) is 28.1 Å². The van der Waals surface area contributed by atoms with E-state index < -0.39 is 0 Å². The zero-order valence-corrected chi connectivity index (χ0v) is 18.2. The highest BCUT2D eigenvalue weighted by atomic mass is 16.2. The summed E-state index contributed by atoms with van der Waals surface area (Å²) in [5.74, 6) is 3.76. The molecule has 0 bridgehead atoms. The van der Waals surface area contributed by atoms with Crippen LogP contribution in [0.4, 0.5) is 4.79 Å². The molecule has 7 rings (SSSR count). The summed E-state index contributed by atoms with van der Waals surface area (Å²) in [6, 6.07) is 2.36. The Labute approximate surface area is 186 Å². The number of nitriles is 1. The summed E-state index contributed by atoms with van der Waals surface area (Å²) in [5.41, 5.74) is 1.27. The van der Waals surface area contributed by atoms with Gasteiger partial charge >= 0.3 is 6.03 Å². The number of aromatic amines is 1. The van der Waals surface area contributed by atoms with Gasteiger partial charge in [-0.2, -0.15) is 15.5 Å². The molecule has 5 fully saturated rings. The number of nitrogens with zero attached hydrogens (tertiary/aromatic N) is 7. The second-order valence-electron chi connectivity index (χ2n) is 11.3. The SMILES string of the molecule is N#Cc1cnn(CC2CC3(C2)CN(C(=O)N2CC4(CC(c5n[nH]c(C6CC6)n5)C4)C2)C3)c1. The van der Waals surface area contributed by atoms with Crippen LogP contribution in [0.25, 0.3) is 0 Å². The predicted octanol–water partition coefficient (Wildman–Crippen LogP) is 2.46. The van der Waals surface area contributed by atoms with Gasteiger partial charge in [-0.3, -0.25) is 9.78 Å². The van der Waals surface area contributed by atoms with Gasteiger partial charge in [-0.05, 0) is 44.4 Å². The standard InChI is InChI=1S/C23H28N8O/c24-7-16-8-25-31(10-16)9-15-3-22(4-15)11-29(12-22)21(32)30-13-23(14-30)5-18(6-23)20-26-19(27-28-20)17-1-2-17/h8,10,15,17-18H,1-6,9,11-14H2,(H,26,27,28). The molecule has 3 aliphatic carbocycles. The van der Waals surface area contributed by atoms with Crippen LogP contribution in [0.2, 0.25) is 0 Å². The molecule has 0 unspecified atom stereocenters. The van der Waals surface area contributed by atoms with Gasteiger partial charge in [-0.25, -0.2) is 9.78 Å². The molecule has 2 aromatic rings. The van der Waals surface area contributed by atoms with Crippen LogP contribution in [-0.4, -0.2) is 67.0 Å². The first-order valence-corrected chi connectivity index (χ1v) is 11.9. The van der Waals surface area contributed by atoms with Crippen LogP contribution in [-0.2, 0) is 6.54 Å². The number of rotatable bonds is 4. The molecule has 4 heterocycles. The van der Waals surface area contributed by atoms with Crippen LogP contribution >= 0.6 is 0 Å². The molecule has 2 aliphatic heterocycles. The minimum Gasteiger partial charge on any atom is -0.323 e. The van der Waals surface area contributed by atoms with Crippen molar-refractivity contribution in [2.24, 2.45) is 16.7 Å². The molecule has 5 aliphatic rings. The minimum atomic E-state index is 0.229. The Bertz CT molecular complexity index is 1100. The van der Waals surface area contributed by atoms with Crippen LogP contribution in [0.1, 0.15) is 67.6 Å². The highest BCUT2D eigenvalue weighted by Gasteiger charge is 2.58. The Balaban J connectivity index is 0.852. The normalized spacial score (nSPS) is 25.7. The fourth-order valence-corrected chi connectivity index (χ4v) is 6.77. The largest absolute Gasteiger partial charge is 0.323 e. The van der Waals surface area contributed by atoms with Crippen molar-refractivity contribution in [1.82, 2.24) is 34.8 Å². The van der Waals surface area contributed by atoms with Gasteiger partial charge in [0.25, 0.3) is 0 Å². The monoisotopic (exact) mass is 432 g/mol. The first-order chi connectivity index (χ1) is 15.5. The lowest BCUT2D eigenvalue weighted by Crippen LogP contribution is -2.71. The highest BCUT2D eigenvalue weighted by molar-refractivity contribution is 5.77. The third-order valence-corrected chi connectivity index (χ3v) is 8.51. The Morgan fingerprint density at radius 2 is 1.78 bits per heavy atom. The molecule has 2 amide bonds. The molecular formula is C23H28N8O. The average Bonchev–Trinajstić information content (AvgIpc) is 3.22. The van der Waals surface area contributed by atoms with E-state index in [0.717, 1.165) is 70.1 Å². The van der Waals surface area contributed by atoms with Crippen LogP contribution in [0.5, 0.6) is 0 Å². The maximum atomic E-state index is 12.9. The number of urea groups is 1. The maximum absolute atomic E-state index is 12.9. The number of nitrogens with one attached hydrogen (secondary N) is 1. The summed E-state index contributed by atoms with van der Waals surface area (Å²) in [4.78, 5) is 21.7. The highest BCUT2D eigenvalue weighted by Crippen LogP contribution is 2.57. The third-order valence-electron chi connectivity index (χ3n) is 8.51. The van der Waals surface area contributed by atoms with E-state index in [1.165, 1.54) is 12.8 Å². The van der Waals surface area contributed by atoms with Crippen LogP contribution < -0.4 is 0 Å². The molecule has 0 aromatic carbocycles. The zero-order valence-electron chi connectivity index (χ0n) is 18.2. The molecule has 2 aromatic heterocycles. The Morgan fingerprint density at radius 1 is 1.09 bits per heavy atom. The van der Waals surface area contributed by atoms with E-state index in [1.807, 2.05) is 20.7 Å². The molecule has 9 heteroatoms. The Hall–Kier alpha value is -2.89. The van der Waals surface area contributed by atoms with E-state index in [-0.39, 0.29) is 6.03 Å². The van der Waals surface area contributed by atoms with Crippen molar-refractivity contribution in [3.05, 3.63) is 29.6 Å².